The Morgan fingerprint density at radius 3 is 2.50 bits per heavy atom. The van der Waals surface area contributed by atoms with Gasteiger partial charge in [0.1, 0.15) is 5.82 Å². The van der Waals surface area contributed by atoms with Crippen LogP contribution in [0.2, 0.25) is 0 Å². The maximum atomic E-state index is 13.5. The minimum atomic E-state index is -0.153. The van der Waals surface area contributed by atoms with Crippen molar-refractivity contribution in [3.05, 3.63) is 34.1 Å². The fourth-order valence-corrected chi connectivity index (χ4v) is 2.40. The zero-order valence-electron chi connectivity index (χ0n) is 8.22. The van der Waals surface area contributed by atoms with Gasteiger partial charge in [0, 0.05) is 16.4 Å². The average Bonchev–Trinajstić information content (AvgIpc) is 2.58. The Labute approximate surface area is 91.6 Å². The molecular weight excluding hydrogens is 245 g/mol. The van der Waals surface area contributed by atoms with Gasteiger partial charge < -0.3 is 5.73 Å². The SMILES string of the molecule is CC1(C)C(N)C1c1cc(Br)ccc1F. The molecule has 1 aliphatic carbocycles. The van der Waals surface area contributed by atoms with E-state index in [1.54, 1.807) is 6.07 Å². The molecule has 1 aromatic carbocycles. The van der Waals surface area contributed by atoms with E-state index in [-0.39, 0.29) is 23.2 Å². The third-order valence-electron chi connectivity index (χ3n) is 3.20. The number of benzene rings is 1. The van der Waals surface area contributed by atoms with E-state index in [1.165, 1.54) is 6.07 Å². The molecule has 3 heteroatoms. The van der Waals surface area contributed by atoms with Crippen LogP contribution >= 0.6 is 15.9 Å². The molecule has 2 N–H and O–H groups in total. The summed E-state index contributed by atoms with van der Waals surface area (Å²) in [6.07, 6.45) is 0. The minimum absolute atomic E-state index is 0.0294. The summed E-state index contributed by atoms with van der Waals surface area (Å²) in [5, 5.41) is 0. The maximum absolute atomic E-state index is 13.5. The lowest BCUT2D eigenvalue weighted by Gasteiger charge is -2.04. The van der Waals surface area contributed by atoms with Crippen LogP contribution in [-0.4, -0.2) is 6.04 Å². The van der Waals surface area contributed by atoms with Crippen molar-refractivity contribution in [2.75, 3.05) is 0 Å². The first kappa shape index (κ1) is 10.1. The van der Waals surface area contributed by atoms with Crippen molar-refractivity contribution >= 4 is 15.9 Å². The normalized spacial score (nSPS) is 28.9. The molecule has 0 saturated heterocycles. The van der Waals surface area contributed by atoms with Crippen molar-refractivity contribution in [2.45, 2.75) is 25.8 Å². The van der Waals surface area contributed by atoms with Gasteiger partial charge in [-0.2, -0.15) is 0 Å². The van der Waals surface area contributed by atoms with Crippen LogP contribution in [0.5, 0.6) is 0 Å². The highest BCUT2D eigenvalue weighted by Crippen LogP contribution is 2.57. The second kappa shape index (κ2) is 3.04. The second-order valence-electron chi connectivity index (χ2n) is 4.49. The lowest BCUT2D eigenvalue weighted by Crippen LogP contribution is -2.06. The molecule has 0 bridgehead atoms. The van der Waals surface area contributed by atoms with E-state index in [1.807, 2.05) is 6.07 Å². The third-order valence-corrected chi connectivity index (χ3v) is 3.70. The molecule has 76 valence electrons. The molecule has 1 fully saturated rings. The second-order valence-corrected chi connectivity index (χ2v) is 5.41. The highest BCUT2D eigenvalue weighted by Gasteiger charge is 2.56. The van der Waals surface area contributed by atoms with Gasteiger partial charge in [-0.15, -0.1) is 0 Å². The molecule has 0 heterocycles. The average molecular weight is 258 g/mol. The number of halogens is 2. The molecule has 14 heavy (non-hydrogen) atoms. The lowest BCUT2D eigenvalue weighted by molar-refractivity contribution is 0.571. The summed E-state index contributed by atoms with van der Waals surface area (Å²) >= 11 is 3.34. The van der Waals surface area contributed by atoms with Crippen molar-refractivity contribution in [3.8, 4) is 0 Å². The first-order chi connectivity index (χ1) is 6.44. The van der Waals surface area contributed by atoms with Crippen molar-refractivity contribution in [3.63, 3.8) is 0 Å². The van der Waals surface area contributed by atoms with Crippen LogP contribution in [0, 0.1) is 11.2 Å². The number of hydrogen-bond acceptors (Lipinski definition) is 1. The van der Waals surface area contributed by atoms with Crippen molar-refractivity contribution < 1.29 is 4.39 Å². The van der Waals surface area contributed by atoms with Crippen molar-refractivity contribution in [2.24, 2.45) is 11.1 Å². The van der Waals surface area contributed by atoms with E-state index >= 15 is 0 Å². The molecular formula is C11H13BrFN. The summed E-state index contributed by atoms with van der Waals surface area (Å²) in [6.45, 7) is 4.14. The van der Waals surface area contributed by atoms with Crippen LogP contribution in [0.3, 0.4) is 0 Å². The molecule has 1 aliphatic rings. The maximum Gasteiger partial charge on any atom is 0.126 e. The molecule has 0 radical (unpaired) electrons. The summed E-state index contributed by atoms with van der Waals surface area (Å²) in [5.41, 5.74) is 6.68. The van der Waals surface area contributed by atoms with Gasteiger partial charge in [-0.3, -0.25) is 0 Å². The molecule has 0 aliphatic heterocycles. The molecule has 1 aromatic rings. The van der Waals surface area contributed by atoms with Crippen LogP contribution in [0.25, 0.3) is 0 Å². The van der Waals surface area contributed by atoms with E-state index in [0.717, 1.165) is 10.0 Å². The van der Waals surface area contributed by atoms with Crippen molar-refractivity contribution in [1.82, 2.24) is 0 Å². The lowest BCUT2D eigenvalue weighted by atomic mass is 10.0. The Kier molecular flexibility index (Phi) is 2.20. The quantitative estimate of drug-likeness (QED) is 0.823. The summed E-state index contributed by atoms with van der Waals surface area (Å²) < 4.78 is 14.4. The topological polar surface area (TPSA) is 26.0 Å². The molecule has 2 unspecified atom stereocenters. The Morgan fingerprint density at radius 1 is 1.43 bits per heavy atom. The zero-order chi connectivity index (χ0) is 10.5. The van der Waals surface area contributed by atoms with Gasteiger partial charge in [-0.25, -0.2) is 4.39 Å². The largest absolute Gasteiger partial charge is 0.327 e. The van der Waals surface area contributed by atoms with Gasteiger partial charge in [0.25, 0.3) is 0 Å². The summed E-state index contributed by atoms with van der Waals surface area (Å²) in [4.78, 5) is 0. The van der Waals surface area contributed by atoms with Crippen molar-refractivity contribution in [1.29, 1.82) is 0 Å². The fourth-order valence-electron chi connectivity index (χ4n) is 2.02. The van der Waals surface area contributed by atoms with Gasteiger partial charge in [0.2, 0.25) is 0 Å². The molecule has 1 saturated carbocycles. The van der Waals surface area contributed by atoms with Gasteiger partial charge >= 0.3 is 0 Å². The predicted molar refractivity (Wildman–Crippen MR) is 58.6 cm³/mol. The number of rotatable bonds is 1. The molecule has 2 atom stereocenters. The summed E-state index contributed by atoms with van der Waals surface area (Å²) in [6, 6.07) is 5.10. The first-order valence-electron chi connectivity index (χ1n) is 4.65. The van der Waals surface area contributed by atoms with E-state index < -0.39 is 0 Å². The van der Waals surface area contributed by atoms with E-state index in [4.69, 9.17) is 5.73 Å². The van der Waals surface area contributed by atoms with Crippen LogP contribution in [0.4, 0.5) is 4.39 Å². The van der Waals surface area contributed by atoms with Crippen LogP contribution in [0.15, 0.2) is 22.7 Å². The number of nitrogens with two attached hydrogens (primary N) is 1. The highest BCUT2D eigenvalue weighted by molar-refractivity contribution is 9.10. The molecule has 1 nitrogen and oxygen atoms in total. The van der Waals surface area contributed by atoms with Gasteiger partial charge in [-0.05, 0) is 29.2 Å². The molecule has 0 aromatic heterocycles. The Hall–Kier alpha value is -0.410. The summed E-state index contributed by atoms with van der Waals surface area (Å²) in [7, 11) is 0. The highest BCUT2D eigenvalue weighted by atomic mass is 79.9. The fraction of sp³-hybridized carbons (Fsp3) is 0.455. The number of hydrogen-bond donors (Lipinski definition) is 1. The minimum Gasteiger partial charge on any atom is -0.327 e. The van der Waals surface area contributed by atoms with Gasteiger partial charge in [0.15, 0.2) is 0 Å². The first-order valence-corrected chi connectivity index (χ1v) is 5.44. The predicted octanol–water partition coefficient (Wildman–Crippen LogP) is 3.04. The smallest absolute Gasteiger partial charge is 0.126 e. The molecule has 2 rings (SSSR count). The zero-order valence-corrected chi connectivity index (χ0v) is 9.81. The Morgan fingerprint density at radius 2 is 2.00 bits per heavy atom. The summed E-state index contributed by atoms with van der Waals surface area (Å²) in [5.74, 6) is -0.000718. The van der Waals surface area contributed by atoms with Crippen LogP contribution < -0.4 is 5.73 Å². The monoisotopic (exact) mass is 257 g/mol. The molecule has 0 spiro atoms. The van der Waals surface area contributed by atoms with E-state index in [2.05, 4.69) is 29.8 Å². The van der Waals surface area contributed by atoms with E-state index in [9.17, 15) is 4.39 Å². The van der Waals surface area contributed by atoms with Gasteiger partial charge in [0.05, 0.1) is 0 Å². The van der Waals surface area contributed by atoms with Crippen LogP contribution in [-0.2, 0) is 0 Å². The Balaban J connectivity index is 2.39. The van der Waals surface area contributed by atoms with E-state index in [0.29, 0.717) is 0 Å². The van der Waals surface area contributed by atoms with Crippen LogP contribution in [0.1, 0.15) is 25.3 Å². The van der Waals surface area contributed by atoms with Gasteiger partial charge in [-0.1, -0.05) is 29.8 Å². The Bertz CT molecular complexity index is 376. The standard InChI is InChI=1S/C11H13BrFN/c1-11(2)9(10(11)14)7-5-6(12)3-4-8(7)13/h3-5,9-10H,14H2,1-2H3. The molecule has 0 amide bonds. The third kappa shape index (κ3) is 1.39.